The topological polar surface area (TPSA) is 66.8 Å². The molecule has 5 heteroatoms. The Morgan fingerprint density at radius 3 is 2.78 bits per heavy atom. The van der Waals surface area contributed by atoms with Crippen molar-refractivity contribution >= 4 is 18.0 Å². The molecule has 0 unspecified atom stereocenters. The van der Waals surface area contributed by atoms with Crippen LogP contribution in [-0.4, -0.2) is 42.6 Å². The molecule has 0 aliphatic rings. The molecule has 0 aromatic heterocycles. The van der Waals surface area contributed by atoms with E-state index in [1.54, 1.807) is 25.3 Å². The highest BCUT2D eigenvalue weighted by Gasteiger charge is 2.08. The van der Waals surface area contributed by atoms with E-state index in [1.807, 2.05) is 12.1 Å². The van der Waals surface area contributed by atoms with Crippen molar-refractivity contribution in [1.29, 1.82) is 0 Å². The summed E-state index contributed by atoms with van der Waals surface area (Å²) < 4.78 is 5.05. The Hall–Kier alpha value is -2.30. The lowest BCUT2D eigenvalue weighted by molar-refractivity contribution is -0.141. The number of amides is 1. The van der Waals surface area contributed by atoms with Gasteiger partial charge >= 0.3 is 5.97 Å². The number of carboxylic acid groups (broad SMARTS) is 1. The summed E-state index contributed by atoms with van der Waals surface area (Å²) in [4.78, 5) is 23.1. The molecule has 0 fully saturated rings. The average molecular weight is 249 g/mol. The molecule has 0 saturated heterocycles. The van der Waals surface area contributed by atoms with E-state index in [9.17, 15) is 9.59 Å². The predicted octanol–water partition coefficient (Wildman–Crippen LogP) is 1.25. The molecule has 1 aromatic rings. The van der Waals surface area contributed by atoms with E-state index in [-0.39, 0.29) is 12.5 Å². The number of nitrogens with zero attached hydrogens (tertiary/aromatic N) is 1. The number of ether oxygens (including phenoxy) is 1. The molecule has 96 valence electrons. The lowest BCUT2D eigenvalue weighted by Gasteiger charge is -2.11. The van der Waals surface area contributed by atoms with Crippen molar-refractivity contribution < 1.29 is 19.4 Å². The van der Waals surface area contributed by atoms with Crippen molar-refractivity contribution in [3.63, 3.8) is 0 Å². The van der Waals surface area contributed by atoms with Gasteiger partial charge in [0.05, 0.1) is 7.11 Å². The van der Waals surface area contributed by atoms with Crippen LogP contribution in [0.2, 0.25) is 0 Å². The van der Waals surface area contributed by atoms with Crippen LogP contribution < -0.4 is 4.74 Å². The highest BCUT2D eigenvalue weighted by Crippen LogP contribution is 2.13. The largest absolute Gasteiger partial charge is 0.497 e. The van der Waals surface area contributed by atoms with Gasteiger partial charge in [-0.1, -0.05) is 12.1 Å². The summed E-state index contributed by atoms with van der Waals surface area (Å²) in [5.41, 5.74) is 0.812. The molecule has 1 amide bonds. The molecule has 1 aromatic carbocycles. The van der Waals surface area contributed by atoms with Gasteiger partial charge in [0, 0.05) is 13.1 Å². The Labute approximate surface area is 105 Å². The highest BCUT2D eigenvalue weighted by molar-refractivity contribution is 5.93. The van der Waals surface area contributed by atoms with E-state index in [0.717, 1.165) is 10.5 Å². The molecule has 0 spiro atoms. The van der Waals surface area contributed by atoms with Gasteiger partial charge in [-0.15, -0.1) is 0 Å². The van der Waals surface area contributed by atoms with Gasteiger partial charge in [-0.3, -0.25) is 9.59 Å². The lowest BCUT2D eigenvalue weighted by atomic mass is 10.2. The normalized spacial score (nSPS) is 10.3. The smallest absolute Gasteiger partial charge is 0.323 e. The third-order valence-electron chi connectivity index (χ3n) is 2.26. The minimum Gasteiger partial charge on any atom is -0.497 e. The standard InChI is InChI=1S/C13H15NO4/c1-14(9-13(16)17)12(15)7-6-10-4-3-5-11(8-10)18-2/h3-8H,9H2,1-2H3,(H,16,17). The summed E-state index contributed by atoms with van der Waals surface area (Å²) in [7, 11) is 3.00. The third-order valence-corrected chi connectivity index (χ3v) is 2.26. The molecule has 0 saturated carbocycles. The molecule has 1 N–H and O–H groups in total. The molecule has 1 rings (SSSR count). The number of aliphatic carboxylic acids is 1. The Kier molecular flexibility index (Phi) is 4.92. The monoisotopic (exact) mass is 249 g/mol. The van der Waals surface area contributed by atoms with Gasteiger partial charge in [-0.25, -0.2) is 0 Å². The van der Waals surface area contributed by atoms with Gasteiger partial charge in [0.25, 0.3) is 0 Å². The van der Waals surface area contributed by atoms with Gasteiger partial charge in [0.2, 0.25) is 5.91 Å². The van der Waals surface area contributed by atoms with E-state index < -0.39 is 5.97 Å². The van der Waals surface area contributed by atoms with Crippen LogP contribution in [0.5, 0.6) is 5.75 Å². The maximum absolute atomic E-state index is 11.6. The Morgan fingerprint density at radius 2 is 2.17 bits per heavy atom. The number of carboxylic acids is 1. The summed E-state index contributed by atoms with van der Waals surface area (Å²) in [6.07, 6.45) is 2.95. The first-order chi connectivity index (χ1) is 8.52. The highest BCUT2D eigenvalue weighted by atomic mass is 16.5. The zero-order chi connectivity index (χ0) is 13.5. The molecular weight excluding hydrogens is 234 g/mol. The van der Waals surface area contributed by atoms with E-state index in [2.05, 4.69) is 0 Å². The zero-order valence-corrected chi connectivity index (χ0v) is 10.3. The van der Waals surface area contributed by atoms with Gasteiger partial charge in [0.15, 0.2) is 0 Å². The van der Waals surface area contributed by atoms with Crippen LogP contribution in [0, 0.1) is 0 Å². The molecular formula is C13H15NO4. The van der Waals surface area contributed by atoms with Crippen molar-refractivity contribution in [2.45, 2.75) is 0 Å². The van der Waals surface area contributed by atoms with Crippen molar-refractivity contribution in [2.75, 3.05) is 20.7 Å². The maximum Gasteiger partial charge on any atom is 0.323 e. The number of carbonyl (C=O) groups excluding carboxylic acids is 1. The number of methoxy groups -OCH3 is 1. The van der Waals surface area contributed by atoms with Gasteiger partial charge < -0.3 is 14.7 Å². The molecule has 5 nitrogen and oxygen atoms in total. The Bertz CT molecular complexity index is 468. The van der Waals surface area contributed by atoms with Crippen molar-refractivity contribution in [3.8, 4) is 5.75 Å². The summed E-state index contributed by atoms with van der Waals surface area (Å²) in [5, 5.41) is 8.55. The number of rotatable bonds is 5. The van der Waals surface area contributed by atoms with Crippen molar-refractivity contribution in [2.24, 2.45) is 0 Å². The first-order valence-electron chi connectivity index (χ1n) is 5.32. The summed E-state index contributed by atoms with van der Waals surface area (Å²) in [6, 6.07) is 7.21. The average Bonchev–Trinajstić information content (AvgIpc) is 2.35. The van der Waals surface area contributed by atoms with Crippen molar-refractivity contribution in [1.82, 2.24) is 4.90 Å². The Morgan fingerprint density at radius 1 is 1.44 bits per heavy atom. The Balaban J connectivity index is 2.68. The molecule has 0 heterocycles. The predicted molar refractivity (Wildman–Crippen MR) is 67.3 cm³/mol. The number of benzene rings is 1. The second kappa shape index (κ2) is 6.44. The summed E-state index contributed by atoms with van der Waals surface area (Å²) in [5.74, 6) is -0.704. The molecule has 0 bridgehead atoms. The molecule has 0 radical (unpaired) electrons. The number of likely N-dealkylation sites (N-methyl/N-ethyl adjacent to an activating group) is 1. The first kappa shape index (κ1) is 13.8. The fourth-order valence-electron chi connectivity index (χ4n) is 1.32. The summed E-state index contributed by atoms with van der Waals surface area (Å²) in [6.45, 7) is -0.318. The van der Waals surface area contributed by atoms with E-state index in [4.69, 9.17) is 9.84 Å². The molecule has 0 aliphatic heterocycles. The van der Waals surface area contributed by atoms with Gasteiger partial charge in [0.1, 0.15) is 12.3 Å². The number of carbonyl (C=O) groups is 2. The third kappa shape index (κ3) is 4.29. The quantitative estimate of drug-likeness (QED) is 0.797. The lowest BCUT2D eigenvalue weighted by Crippen LogP contribution is -2.30. The van der Waals surface area contributed by atoms with Crippen molar-refractivity contribution in [3.05, 3.63) is 35.9 Å². The van der Waals surface area contributed by atoms with Crippen LogP contribution in [0.3, 0.4) is 0 Å². The summed E-state index contributed by atoms with van der Waals surface area (Å²) >= 11 is 0. The van der Waals surface area contributed by atoms with Crippen LogP contribution in [0.15, 0.2) is 30.3 Å². The SMILES string of the molecule is COc1cccc(C=CC(=O)N(C)CC(=O)O)c1. The fraction of sp³-hybridized carbons (Fsp3) is 0.231. The number of hydrogen-bond donors (Lipinski definition) is 1. The van der Waals surface area contributed by atoms with Crippen LogP contribution >= 0.6 is 0 Å². The van der Waals surface area contributed by atoms with E-state index >= 15 is 0 Å². The zero-order valence-electron chi connectivity index (χ0n) is 10.3. The minimum atomic E-state index is -1.04. The molecule has 18 heavy (non-hydrogen) atoms. The van der Waals surface area contributed by atoms with Crippen LogP contribution in [0.25, 0.3) is 6.08 Å². The van der Waals surface area contributed by atoms with Crippen LogP contribution in [0.1, 0.15) is 5.56 Å². The van der Waals surface area contributed by atoms with E-state index in [0.29, 0.717) is 5.75 Å². The van der Waals surface area contributed by atoms with Gasteiger partial charge in [-0.05, 0) is 23.8 Å². The molecule has 0 aliphatic carbocycles. The van der Waals surface area contributed by atoms with Crippen LogP contribution in [0.4, 0.5) is 0 Å². The molecule has 0 atom stereocenters. The maximum atomic E-state index is 11.6. The fourth-order valence-corrected chi connectivity index (χ4v) is 1.32. The first-order valence-corrected chi connectivity index (χ1v) is 5.32. The second-order valence-electron chi connectivity index (χ2n) is 3.70. The second-order valence-corrected chi connectivity index (χ2v) is 3.70. The van der Waals surface area contributed by atoms with E-state index in [1.165, 1.54) is 13.1 Å². The van der Waals surface area contributed by atoms with Gasteiger partial charge in [-0.2, -0.15) is 0 Å². The number of hydrogen-bond acceptors (Lipinski definition) is 3. The van der Waals surface area contributed by atoms with Crippen LogP contribution in [-0.2, 0) is 9.59 Å². The minimum absolute atomic E-state index is 0.318.